The largest absolute Gasteiger partial charge is 0.494 e. The van der Waals surface area contributed by atoms with E-state index in [1.54, 1.807) is 38.1 Å². The molecule has 38 heavy (non-hydrogen) atoms. The molecule has 0 saturated heterocycles. The van der Waals surface area contributed by atoms with Crippen molar-refractivity contribution in [3.63, 3.8) is 0 Å². The van der Waals surface area contributed by atoms with Crippen molar-refractivity contribution in [3.05, 3.63) is 75.7 Å². The summed E-state index contributed by atoms with van der Waals surface area (Å²) in [6.45, 7) is 9.78. The average molecular weight is 538 g/mol. The highest BCUT2D eigenvalue weighted by Crippen LogP contribution is 2.33. The van der Waals surface area contributed by atoms with Crippen LogP contribution in [0.25, 0.3) is 0 Å². The van der Waals surface area contributed by atoms with Gasteiger partial charge < -0.3 is 19.5 Å². The summed E-state index contributed by atoms with van der Waals surface area (Å²) in [5.74, 6) is -0.0988. The molecular formula is C28H31N3O6S. The average Bonchev–Trinajstić information content (AvgIpc) is 3.18. The minimum absolute atomic E-state index is 0.244. The molecule has 2 amide bonds. The third kappa shape index (κ3) is 7.42. The highest BCUT2D eigenvalue weighted by Gasteiger charge is 2.22. The molecule has 0 spiro atoms. The van der Waals surface area contributed by atoms with Crippen LogP contribution in [0, 0.1) is 13.8 Å². The Hall–Kier alpha value is -4.18. The van der Waals surface area contributed by atoms with Gasteiger partial charge >= 0.3 is 5.97 Å². The standard InChI is InChI=1S/C28H31N3O6S/c1-6-35-22-12-8-20(9-13-22)16-29-31-25(32)18(4)37-23-14-10-21(11-15-23)26(33)30-27-24(28(34)36-7-2)17(3)19(5)38-27/h8-16,18H,6-7H2,1-5H3,(H,30,33)(H,31,32)/b29-16-/t18-/m0/s1. The minimum Gasteiger partial charge on any atom is -0.494 e. The number of anilines is 1. The Kier molecular flexibility index (Phi) is 10.0. The Morgan fingerprint density at radius 2 is 1.63 bits per heavy atom. The lowest BCUT2D eigenvalue weighted by Gasteiger charge is -2.13. The molecule has 1 heterocycles. The topological polar surface area (TPSA) is 115 Å². The fourth-order valence-corrected chi connectivity index (χ4v) is 4.40. The maximum absolute atomic E-state index is 12.8. The first kappa shape index (κ1) is 28.4. The lowest BCUT2D eigenvalue weighted by molar-refractivity contribution is -0.127. The van der Waals surface area contributed by atoms with E-state index in [4.69, 9.17) is 14.2 Å². The molecule has 0 bridgehead atoms. The van der Waals surface area contributed by atoms with Gasteiger partial charge in [-0.1, -0.05) is 0 Å². The van der Waals surface area contributed by atoms with E-state index in [0.717, 1.165) is 21.8 Å². The second-order valence-electron chi connectivity index (χ2n) is 8.18. The summed E-state index contributed by atoms with van der Waals surface area (Å²) < 4.78 is 16.2. The minimum atomic E-state index is -0.823. The molecule has 0 aliphatic heterocycles. The molecule has 0 unspecified atom stereocenters. The van der Waals surface area contributed by atoms with E-state index in [1.165, 1.54) is 17.6 Å². The monoisotopic (exact) mass is 537 g/mol. The Balaban J connectivity index is 1.56. The van der Waals surface area contributed by atoms with E-state index < -0.39 is 18.0 Å². The summed E-state index contributed by atoms with van der Waals surface area (Å²) >= 11 is 1.32. The molecule has 3 aromatic rings. The van der Waals surface area contributed by atoms with Crippen molar-refractivity contribution in [2.45, 2.75) is 40.7 Å². The van der Waals surface area contributed by atoms with Gasteiger partial charge in [0.2, 0.25) is 0 Å². The van der Waals surface area contributed by atoms with E-state index >= 15 is 0 Å². The molecule has 200 valence electrons. The number of rotatable bonds is 11. The Labute approximate surface area is 225 Å². The third-order valence-electron chi connectivity index (χ3n) is 5.47. The van der Waals surface area contributed by atoms with Crippen molar-refractivity contribution in [2.75, 3.05) is 18.5 Å². The van der Waals surface area contributed by atoms with E-state index in [9.17, 15) is 14.4 Å². The Morgan fingerprint density at radius 3 is 2.26 bits per heavy atom. The molecule has 0 radical (unpaired) electrons. The molecule has 0 saturated carbocycles. The summed E-state index contributed by atoms with van der Waals surface area (Å²) in [5.41, 5.74) is 4.77. The van der Waals surface area contributed by atoms with Crippen LogP contribution in [0.5, 0.6) is 11.5 Å². The zero-order valence-corrected chi connectivity index (χ0v) is 22.8. The number of hydrazone groups is 1. The number of hydrogen-bond acceptors (Lipinski definition) is 8. The second kappa shape index (κ2) is 13.4. The van der Waals surface area contributed by atoms with Gasteiger partial charge in [0, 0.05) is 10.4 Å². The molecule has 1 atom stereocenters. The summed E-state index contributed by atoms with van der Waals surface area (Å²) in [4.78, 5) is 38.4. The van der Waals surface area contributed by atoms with Crippen molar-refractivity contribution < 1.29 is 28.6 Å². The normalized spacial score (nSPS) is 11.6. The number of carbonyl (C=O) groups excluding carboxylic acids is 3. The van der Waals surface area contributed by atoms with Gasteiger partial charge in [-0.25, -0.2) is 10.2 Å². The Bertz CT molecular complexity index is 1300. The van der Waals surface area contributed by atoms with Crippen LogP contribution in [-0.2, 0) is 9.53 Å². The van der Waals surface area contributed by atoms with Gasteiger partial charge in [0.25, 0.3) is 11.8 Å². The first-order valence-corrected chi connectivity index (χ1v) is 13.0. The van der Waals surface area contributed by atoms with Gasteiger partial charge in [-0.2, -0.15) is 5.10 Å². The molecular weight excluding hydrogens is 506 g/mol. The van der Waals surface area contributed by atoms with Gasteiger partial charge in [-0.15, -0.1) is 11.3 Å². The molecule has 2 aromatic carbocycles. The van der Waals surface area contributed by atoms with Gasteiger partial charge in [0.05, 0.1) is 25.0 Å². The van der Waals surface area contributed by atoms with Crippen molar-refractivity contribution >= 4 is 40.3 Å². The van der Waals surface area contributed by atoms with Crippen LogP contribution in [0.2, 0.25) is 0 Å². The van der Waals surface area contributed by atoms with Crippen LogP contribution < -0.4 is 20.2 Å². The van der Waals surface area contributed by atoms with Gasteiger partial charge in [-0.3, -0.25) is 9.59 Å². The van der Waals surface area contributed by atoms with Crippen molar-refractivity contribution in [2.24, 2.45) is 5.10 Å². The van der Waals surface area contributed by atoms with Crippen molar-refractivity contribution in [1.29, 1.82) is 0 Å². The number of nitrogens with one attached hydrogen (secondary N) is 2. The maximum Gasteiger partial charge on any atom is 0.341 e. The summed E-state index contributed by atoms with van der Waals surface area (Å²) in [6.07, 6.45) is 0.703. The number of hydrogen-bond donors (Lipinski definition) is 2. The number of nitrogens with zero attached hydrogens (tertiary/aromatic N) is 1. The van der Waals surface area contributed by atoms with Crippen LogP contribution >= 0.6 is 11.3 Å². The molecule has 9 nitrogen and oxygen atoms in total. The van der Waals surface area contributed by atoms with Crippen molar-refractivity contribution in [1.82, 2.24) is 5.43 Å². The van der Waals surface area contributed by atoms with Crippen LogP contribution in [0.15, 0.2) is 53.6 Å². The zero-order valence-electron chi connectivity index (χ0n) is 22.0. The predicted octanol–water partition coefficient (Wildman–Crippen LogP) is 5.11. The molecule has 0 aliphatic carbocycles. The second-order valence-corrected chi connectivity index (χ2v) is 9.41. The zero-order chi connectivity index (χ0) is 27.7. The molecule has 2 N–H and O–H groups in total. The molecule has 0 fully saturated rings. The number of benzene rings is 2. The first-order valence-electron chi connectivity index (χ1n) is 12.1. The number of carbonyl (C=O) groups is 3. The van der Waals surface area contributed by atoms with E-state index in [-0.39, 0.29) is 12.5 Å². The Morgan fingerprint density at radius 1 is 0.974 bits per heavy atom. The smallest absolute Gasteiger partial charge is 0.341 e. The quantitative estimate of drug-likeness (QED) is 0.200. The van der Waals surface area contributed by atoms with Gasteiger partial charge in [0.1, 0.15) is 16.5 Å². The van der Waals surface area contributed by atoms with Crippen LogP contribution in [0.3, 0.4) is 0 Å². The number of aryl methyl sites for hydroxylation is 1. The van der Waals surface area contributed by atoms with Crippen LogP contribution in [-0.4, -0.2) is 43.3 Å². The lowest BCUT2D eigenvalue weighted by Crippen LogP contribution is -2.33. The fourth-order valence-electron chi connectivity index (χ4n) is 3.36. The first-order chi connectivity index (χ1) is 18.2. The number of thiophene rings is 1. The van der Waals surface area contributed by atoms with E-state index in [0.29, 0.717) is 28.5 Å². The predicted molar refractivity (Wildman–Crippen MR) is 148 cm³/mol. The lowest BCUT2D eigenvalue weighted by atomic mass is 10.1. The summed E-state index contributed by atoms with van der Waals surface area (Å²) in [7, 11) is 0. The number of amides is 2. The maximum atomic E-state index is 12.8. The van der Waals surface area contributed by atoms with E-state index in [2.05, 4.69) is 15.8 Å². The van der Waals surface area contributed by atoms with Crippen molar-refractivity contribution in [3.8, 4) is 11.5 Å². The van der Waals surface area contributed by atoms with Gasteiger partial charge in [-0.05, 0) is 94.3 Å². The van der Waals surface area contributed by atoms with Crippen LogP contribution in [0.1, 0.15) is 57.5 Å². The van der Waals surface area contributed by atoms with Crippen LogP contribution in [0.4, 0.5) is 5.00 Å². The molecule has 3 rings (SSSR count). The molecule has 1 aromatic heterocycles. The SMILES string of the molecule is CCOC(=O)c1c(NC(=O)c2ccc(O[C@@H](C)C(=O)N/N=C\c3ccc(OCC)cc3)cc2)sc(C)c1C. The highest BCUT2D eigenvalue weighted by molar-refractivity contribution is 7.16. The number of ether oxygens (including phenoxy) is 3. The van der Waals surface area contributed by atoms with E-state index in [1.807, 2.05) is 45.0 Å². The summed E-state index contributed by atoms with van der Waals surface area (Å²) in [5, 5.41) is 7.21. The molecule has 0 aliphatic rings. The summed E-state index contributed by atoms with van der Waals surface area (Å²) in [6, 6.07) is 13.7. The fraction of sp³-hybridized carbons (Fsp3) is 0.286. The number of esters is 1. The highest BCUT2D eigenvalue weighted by atomic mass is 32.1. The molecule has 10 heteroatoms. The van der Waals surface area contributed by atoms with Gasteiger partial charge in [0.15, 0.2) is 6.10 Å². The third-order valence-corrected chi connectivity index (χ3v) is 6.59.